The summed E-state index contributed by atoms with van der Waals surface area (Å²) >= 11 is 12.1. The van der Waals surface area contributed by atoms with Gasteiger partial charge in [-0.2, -0.15) is 5.10 Å². The molecule has 0 saturated carbocycles. The third kappa shape index (κ3) is 3.05. The molecule has 5 rings (SSSR count). The highest BCUT2D eigenvalue weighted by Crippen LogP contribution is 2.36. The van der Waals surface area contributed by atoms with Gasteiger partial charge in [-0.1, -0.05) is 28.4 Å². The zero-order valence-corrected chi connectivity index (χ0v) is 16.8. The van der Waals surface area contributed by atoms with Gasteiger partial charge in [0.2, 0.25) is 0 Å². The highest BCUT2D eigenvalue weighted by molar-refractivity contribution is 6.42. The van der Waals surface area contributed by atoms with Crippen LogP contribution < -0.4 is 0 Å². The number of carbonyl (C=O) groups is 2. The Bertz CT molecular complexity index is 1140. The summed E-state index contributed by atoms with van der Waals surface area (Å²) in [5, 5.41) is 9.65. The maximum Gasteiger partial charge on any atom is 0.254 e. The quantitative estimate of drug-likeness (QED) is 0.581. The first-order valence-corrected chi connectivity index (χ1v) is 10.0. The first-order valence-electron chi connectivity index (χ1n) is 9.27. The molecule has 0 radical (unpaired) electrons. The SMILES string of the molecule is O=CC1Cc2conc2-c2c3c(nn2C1)CCN(C(=O)c1ccc(Cl)c(Cl)c1)C3. The molecule has 0 saturated heterocycles. The largest absolute Gasteiger partial charge is 0.364 e. The molecule has 0 N–H and O–H groups in total. The Labute approximate surface area is 176 Å². The maximum atomic E-state index is 13.0. The molecule has 9 heteroatoms. The molecule has 0 spiro atoms. The molecule has 2 aliphatic rings. The van der Waals surface area contributed by atoms with Crippen LogP contribution >= 0.6 is 23.2 Å². The summed E-state index contributed by atoms with van der Waals surface area (Å²) in [7, 11) is 0. The number of aldehydes is 1. The van der Waals surface area contributed by atoms with Crippen molar-refractivity contribution in [1.29, 1.82) is 0 Å². The van der Waals surface area contributed by atoms with E-state index < -0.39 is 0 Å². The number of amides is 1. The Kier molecular flexibility index (Phi) is 4.44. The van der Waals surface area contributed by atoms with Gasteiger partial charge in [0.05, 0.1) is 34.5 Å². The van der Waals surface area contributed by atoms with Gasteiger partial charge in [0, 0.05) is 35.6 Å². The van der Waals surface area contributed by atoms with Gasteiger partial charge in [-0.05, 0) is 24.6 Å². The van der Waals surface area contributed by atoms with Crippen molar-refractivity contribution in [3.05, 3.63) is 56.9 Å². The molecule has 1 atom stereocenters. The van der Waals surface area contributed by atoms with Crippen LogP contribution in [-0.4, -0.2) is 38.6 Å². The van der Waals surface area contributed by atoms with Crippen LogP contribution in [0, 0.1) is 5.92 Å². The molecule has 0 aliphatic carbocycles. The van der Waals surface area contributed by atoms with E-state index in [1.54, 1.807) is 29.4 Å². The zero-order valence-electron chi connectivity index (χ0n) is 15.3. The third-order valence-electron chi connectivity index (χ3n) is 5.50. The van der Waals surface area contributed by atoms with Crippen molar-refractivity contribution in [3.63, 3.8) is 0 Å². The molecule has 29 heavy (non-hydrogen) atoms. The summed E-state index contributed by atoms with van der Waals surface area (Å²) in [4.78, 5) is 26.3. The van der Waals surface area contributed by atoms with E-state index in [-0.39, 0.29) is 11.8 Å². The summed E-state index contributed by atoms with van der Waals surface area (Å²) in [6.45, 7) is 1.44. The molecular weight excluding hydrogens is 415 g/mol. The lowest BCUT2D eigenvalue weighted by molar-refractivity contribution is -0.111. The van der Waals surface area contributed by atoms with Crippen LogP contribution in [0.2, 0.25) is 10.0 Å². The number of aromatic nitrogens is 3. The number of hydrogen-bond acceptors (Lipinski definition) is 5. The van der Waals surface area contributed by atoms with Gasteiger partial charge in [0.25, 0.3) is 5.91 Å². The molecule has 7 nitrogen and oxygen atoms in total. The van der Waals surface area contributed by atoms with Crippen LogP contribution in [0.4, 0.5) is 0 Å². The minimum Gasteiger partial charge on any atom is -0.364 e. The average Bonchev–Trinajstić information content (AvgIpc) is 3.28. The number of rotatable bonds is 2. The van der Waals surface area contributed by atoms with E-state index in [2.05, 4.69) is 5.16 Å². The Hall–Kier alpha value is -2.64. The summed E-state index contributed by atoms with van der Waals surface area (Å²) in [5.41, 5.74) is 4.79. The number of fused-ring (bicyclic) bond motifs is 5. The summed E-state index contributed by atoms with van der Waals surface area (Å²) in [6, 6.07) is 4.89. The smallest absolute Gasteiger partial charge is 0.254 e. The van der Waals surface area contributed by atoms with Gasteiger partial charge < -0.3 is 14.2 Å². The first kappa shape index (κ1) is 18.4. The van der Waals surface area contributed by atoms with Crippen LogP contribution in [0.1, 0.15) is 27.2 Å². The molecule has 2 aromatic heterocycles. The number of carbonyl (C=O) groups excluding carboxylic acids is 2. The Balaban J connectivity index is 1.52. The van der Waals surface area contributed by atoms with E-state index in [4.69, 9.17) is 32.8 Å². The van der Waals surface area contributed by atoms with E-state index in [1.807, 2.05) is 4.68 Å². The van der Waals surface area contributed by atoms with Crippen LogP contribution in [0.25, 0.3) is 11.4 Å². The van der Waals surface area contributed by atoms with Gasteiger partial charge in [-0.3, -0.25) is 9.48 Å². The lowest BCUT2D eigenvalue weighted by Gasteiger charge is -2.27. The lowest BCUT2D eigenvalue weighted by Crippen LogP contribution is -2.36. The van der Waals surface area contributed by atoms with Crippen molar-refractivity contribution in [2.45, 2.75) is 25.9 Å². The van der Waals surface area contributed by atoms with Crippen molar-refractivity contribution < 1.29 is 14.1 Å². The second-order valence-electron chi connectivity index (χ2n) is 7.35. The molecule has 3 aromatic rings. The Morgan fingerprint density at radius 3 is 2.93 bits per heavy atom. The monoisotopic (exact) mass is 430 g/mol. The molecular formula is C20H16Cl2N4O3. The van der Waals surface area contributed by atoms with E-state index in [1.165, 1.54) is 0 Å². The van der Waals surface area contributed by atoms with Crippen molar-refractivity contribution in [1.82, 2.24) is 19.8 Å². The number of nitrogens with zero attached hydrogens (tertiary/aromatic N) is 4. The molecule has 1 aromatic carbocycles. The van der Waals surface area contributed by atoms with Crippen LogP contribution in [0.3, 0.4) is 0 Å². The molecule has 1 unspecified atom stereocenters. The fourth-order valence-corrected chi connectivity index (χ4v) is 4.36. The summed E-state index contributed by atoms with van der Waals surface area (Å²) < 4.78 is 7.02. The molecule has 4 heterocycles. The van der Waals surface area contributed by atoms with Crippen molar-refractivity contribution in [3.8, 4) is 11.4 Å². The lowest BCUT2D eigenvalue weighted by atomic mass is 9.99. The molecule has 0 bridgehead atoms. The van der Waals surface area contributed by atoms with Gasteiger partial charge >= 0.3 is 0 Å². The normalized spacial score (nSPS) is 17.9. The van der Waals surface area contributed by atoms with Gasteiger partial charge in [-0.15, -0.1) is 0 Å². The minimum atomic E-state index is -0.190. The van der Waals surface area contributed by atoms with Crippen molar-refractivity contribution >= 4 is 35.4 Å². The fraction of sp³-hybridized carbons (Fsp3) is 0.300. The van der Waals surface area contributed by atoms with E-state index in [0.717, 1.165) is 28.8 Å². The maximum absolute atomic E-state index is 13.0. The van der Waals surface area contributed by atoms with Crippen molar-refractivity contribution in [2.24, 2.45) is 5.92 Å². The van der Waals surface area contributed by atoms with Gasteiger partial charge in [0.1, 0.15) is 18.2 Å². The van der Waals surface area contributed by atoms with Crippen LogP contribution in [-0.2, 0) is 30.7 Å². The zero-order chi connectivity index (χ0) is 20.1. The number of hydrogen-bond donors (Lipinski definition) is 0. The Morgan fingerprint density at radius 1 is 1.28 bits per heavy atom. The van der Waals surface area contributed by atoms with E-state index in [9.17, 15) is 9.59 Å². The average molecular weight is 431 g/mol. The molecule has 148 valence electrons. The summed E-state index contributed by atoms with van der Waals surface area (Å²) in [5.74, 6) is -0.307. The molecule has 2 aliphatic heterocycles. The predicted octanol–water partition coefficient (Wildman–Crippen LogP) is 3.41. The highest BCUT2D eigenvalue weighted by Gasteiger charge is 2.33. The van der Waals surface area contributed by atoms with E-state index in [0.29, 0.717) is 53.8 Å². The Morgan fingerprint density at radius 2 is 2.14 bits per heavy atom. The fourth-order valence-electron chi connectivity index (χ4n) is 4.07. The third-order valence-corrected chi connectivity index (χ3v) is 6.24. The second-order valence-corrected chi connectivity index (χ2v) is 8.16. The first-order chi connectivity index (χ1) is 14.0. The molecule has 0 fully saturated rings. The molecule has 1 amide bonds. The predicted molar refractivity (Wildman–Crippen MR) is 106 cm³/mol. The van der Waals surface area contributed by atoms with Gasteiger partial charge in [0.15, 0.2) is 0 Å². The van der Waals surface area contributed by atoms with E-state index >= 15 is 0 Å². The summed E-state index contributed by atoms with van der Waals surface area (Å²) in [6.07, 6.45) is 3.72. The van der Waals surface area contributed by atoms with Crippen LogP contribution in [0.15, 0.2) is 29.0 Å². The van der Waals surface area contributed by atoms with Gasteiger partial charge in [-0.25, -0.2) is 0 Å². The number of benzene rings is 1. The van der Waals surface area contributed by atoms with Crippen molar-refractivity contribution in [2.75, 3.05) is 6.54 Å². The minimum absolute atomic E-state index is 0.117. The number of halogens is 2. The topological polar surface area (TPSA) is 81.2 Å². The highest BCUT2D eigenvalue weighted by atomic mass is 35.5. The second kappa shape index (κ2) is 7.00. The van der Waals surface area contributed by atoms with Crippen LogP contribution in [0.5, 0.6) is 0 Å². The standard InChI is InChI=1S/C20H16Cl2N4O3/c21-15-2-1-12(6-16(15)22)20(28)25-4-3-17-14(8-25)19-18-13(10-29-24-18)5-11(9-27)7-26(19)23-17/h1-2,6,9-11H,3-5,7-8H2.